The second-order valence-corrected chi connectivity index (χ2v) is 45.4. The molecule has 0 aliphatic carbocycles. The second-order valence-electron chi connectivity index (χ2n) is 45.4. The van der Waals surface area contributed by atoms with Gasteiger partial charge in [-0.2, -0.15) is 0 Å². The summed E-state index contributed by atoms with van der Waals surface area (Å²) in [5.74, 6) is 0. The summed E-state index contributed by atoms with van der Waals surface area (Å²) >= 11 is 0. The van der Waals surface area contributed by atoms with Gasteiger partial charge in [0, 0.05) is 65.8 Å². The molecule has 0 aliphatic rings. The predicted molar refractivity (Wildman–Crippen MR) is 637 cm³/mol. The number of aromatic nitrogens is 4. The molecule has 0 amide bonds. The molecule has 0 unspecified atom stereocenters. The largest absolute Gasteiger partial charge is 0.309 e. The van der Waals surface area contributed by atoms with Crippen LogP contribution < -0.4 is 0 Å². The minimum absolute atomic E-state index is 0.0171. The highest BCUT2D eigenvalue weighted by atomic mass is 15.0. The first-order valence-corrected chi connectivity index (χ1v) is 50.6. The maximum Gasteiger partial charge on any atom is 0.0632 e. The van der Waals surface area contributed by atoms with Crippen LogP contribution in [0.25, 0.3) is 188 Å². The van der Waals surface area contributed by atoms with Gasteiger partial charge in [-0.05, 0) is 259 Å². The molecule has 4 nitrogen and oxygen atoms in total. The highest BCUT2D eigenvalue weighted by Crippen LogP contribution is 2.54. The molecule has 23 aromatic rings. The molecule has 0 saturated heterocycles. The van der Waals surface area contributed by atoms with Gasteiger partial charge in [0.1, 0.15) is 0 Å². The zero-order chi connectivity index (χ0) is 124. The molecule has 147 heavy (non-hydrogen) atoms. The molecule has 0 N–H and O–H groups in total. The van der Waals surface area contributed by atoms with Gasteiger partial charge in [0.2, 0.25) is 0 Å². The molecule has 23 rings (SSSR count). The first kappa shape index (κ1) is 73.4. The Morgan fingerprint density at radius 1 is 0.177 bits per heavy atom. The minimum Gasteiger partial charge on any atom is -0.309 e. The van der Waals surface area contributed by atoms with Crippen molar-refractivity contribution in [1.82, 2.24) is 18.3 Å². The number of benzene rings is 19. The van der Waals surface area contributed by atoms with Crippen LogP contribution in [0.5, 0.6) is 0 Å². The molecule has 19 aromatic carbocycles. The van der Waals surface area contributed by atoms with Gasteiger partial charge in [0.05, 0.1) is 77.0 Å². The summed E-state index contributed by atoms with van der Waals surface area (Å²) in [6.45, 7) is 47.9. The van der Waals surface area contributed by atoms with Crippen molar-refractivity contribution in [2.45, 2.75) is 190 Å². The van der Waals surface area contributed by atoms with Crippen LogP contribution in [0.1, 0.15) is 223 Å². The van der Waals surface area contributed by atoms with Crippen molar-refractivity contribution in [3.8, 4) is 101 Å². The summed E-state index contributed by atoms with van der Waals surface area (Å²) in [6, 6.07) is 91.0. The lowest BCUT2D eigenvalue weighted by Gasteiger charge is -2.31. The van der Waals surface area contributed by atoms with Gasteiger partial charge >= 0.3 is 0 Å². The molecule has 0 fully saturated rings. The Morgan fingerprint density at radius 2 is 0.429 bits per heavy atom. The van der Waals surface area contributed by atoms with Crippen molar-refractivity contribution in [3.63, 3.8) is 0 Å². The summed E-state index contributed by atoms with van der Waals surface area (Å²) in [4.78, 5) is 0. The maximum atomic E-state index is 8.99. The fraction of sp³-hybridized carbons (Fsp3) is 0.203. The van der Waals surface area contributed by atoms with E-state index in [1.807, 2.05) is 185 Å². The molecule has 0 radical (unpaired) electrons. The van der Waals surface area contributed by atoms with Crippen molar-refractivity contribution in [3.05, 3.63) is 481 Å². The molecule has 0 atom stereocenters. The molecule has 0 aliphatic heterocycles. The van der Waals surface area contributed by atoms with Gasteiger partial charge in [-0.3, -0.25) is 0 Å². The normalized spacial score (nSPS) is 14.6. The molecule has 730 valence electrons. The Bertz CT molecular complexity index is 10200. The van der Waals surface area contributed by atoms with Crippen LogP contribution in [0, 0.1) is 6.92 Å². The van der Waals surface area contributed by atoms with Gasteiger partial charge in [0.25, 0.3) is 0 Å². The van der Waals surface area contributed by atoms with Crippen molar-refractivity contribution >= 4 is 87.2 Å². The average molecular weight is 1940 g/mol. The van der Waals surface area contributed by atoms with E-state index in [0.717, 1.165) is 144 Å². The molecular weight excluding hydrogens is 1770 g/mol. The summed E-state index contributed by atoms with van der Waals surface area (Å²) in [5, 5.41) is 7.22. The summed E-state index contributed by atoms with van der Waals surface area (Å²) in [7, 11) is 0. The molecule has 0 bridgehead atoms. The van der Waals surface area contributed by atoms with Crippen molar-refractivity contribution in [2.75, 3.05) is 0 Å². The van der Waals surface area contributed by atoms with Crippen molar-refractivity contribution in [1.29, 1.82) is 0 Å². The first-order valence-electron chi connectivity index (χ1n) is 62.6. The molecule has 0 spiro atoms. The van der Waals surface area contributed by atoms with Crippen LogP contribution >= 0.6 is 0 Å². The molecular formula is C143H138N4. The Kier molecular flexibility index (Phi) is 19.5. The van der Waals surface area contributed by atoms with E-state index in [1.165, 1.54) is 22.3 Å². The number of nitrogens with zero attached hydrogens (tertiary/aromatic N) is 4. The summed E-state index contributed by atoms with van der Waals surface area (Å²) in [6.07, 6.45) is 0. The SMILES string of the molecule is [2H]c1c([2H])c([2H])c(-c2cccc3c2c2c(C(C)(C)C)c(-c4c([2H])c([2H])c([2H])c(C)c4[2H])ccc2n3-c2ccccc2)c([2H])c1[2H].[2H]c1c([2H])c([2H])c(-c2cccc3c2c2c(C(C)(C)C)c(-c4cc(C(C)(C)C)cc(C(C)(C)C)c4)ccc2n3-c2ccccc2)c([2H])c1[2H].[2H]c1c([2H])c([2H])c(-c2cccc3c2c2c(C(C)(C)C)c(-c4ccccc4)ccc2n3-c2ccccc2)c([2H])c1[2H].[2H]c1c([2H])c([2H])c(-c2cccc3c2c2c(C(C)(C)C)c(C(C)(C)C)ccc2n3-c2ccccc2)c([2H])c1[2H]. The number of rotatable bonds is 11. The van der Waals surface area contributed by atoms with Crippen LogP contribution in [0.15, 0.2) is 436 Å². The Labute approximate surface area is 905 Å². The van der Waals surface area contributed by atoms with Crippen molar-refractivity contribution in [2.24, 2.45) is 0 Å². The third-order valence-electron chi connectivity index (χ3n) is 27.9. The zero-order valence-corrected chi connectivity index (χ0v) is 88.0. The highest BCUT2D eigenvalue weighted by molar-refractivity contribution is 6.23. The van der Waals surface area contributed by atoms with E-state index in [1.54, 1.807) is 13.0 Å². The molecule has 0 saturated carbocycles. The topological polar surface area (TPSA) is 19.7 Å². The number of para-hydroxylation sites is 4. The molecule has 4 aromatic heterocycles. The molecule has 4 heteroatoms. The number of fused-ring (bicyclic) bond motifs is 12. The maximum absolute atomic E-state index is 8.99. The van der Waals surface area contributed by atoms with E-state index in [9.17, 15) is 0 Å². The fourth-order valence-electron chi connectivity index (χ4n) is 21.7. The predicted octanol–water partition coefficient (Wildman–Crippen LogP) is 40.2. The zero-order valence-electron chi connectivity index (χ0n) is 112. The number of hydrogen-bond acceptors (Lipinski definition) is 0. The van der Waals surface area contributed by atoms with Crippen LogP contribution in [-0.2, 0) is 37.9 Å². The minimum atomic E-state index is -0.577. The van der Waals surface area contributed by atoms with Crippen LogP contribution in [0.4, 0.5) is 0 Å². The summed E-state index contributed by atoms with van der Waals surface area (Å²) in [5.41, 5.74) is 26.5. The van der Waals surface area contributed by atoms with E-state index < -0.39 is 29.6 Å². The Hall–Kier alpha value is -15.6. The van der Waals surface area contributed by atoms with Crippen LogP contribution in [0.3, 0.4) is 0 Å². The Balaban J connectivity index is 0.000000135. The van der Waals surface area contributed by atoms with Gasteiger partial charge in [-0.25, -0.2) is 0 Å². The van der Waals surface area contributed by atoms with Gasteiger partial charge in [-0.15, -0.1) is 0 Å². The smallest absolute Gasteiger partial charge is 0.0632 e. The second kappa shape index (κ2) is 39.1. The van der Waals surface area contributed by atoms with Crippen LogP contribution in [-0.4, -0.2) is 18.3 Å². The monoisotopic (exact) mass is 1940 g/mol. The van der Waals surface area contributed by atoms with Gasteiger partial charge in [-0.1, -0.05) is 490 Å². The van der Waals surface area contributed by atoms with Crippen LogP contribution in [0.2, 0.25) is 0 Å². The lowest BCUT2D eigenvalue weighted by molar-refractivity contribution is 0.535. The standard InChI is InChI=1S/C42H45N.C35H31N.C34H29N.C32H33N/c1-40(2,3)30-25-29(26-31(27-30)41(4,5)6)34-23-24-36-38(39(34)42(7,8)9)37-33(28-17-12-10-13-18-28)21-16-22-35(37)43(36)32-19-14-11-15-20-32;1-24-13-11-16-26(23-24)29-21-22-31-33(34(29)35(2,3)4)32-28(25-14-7-5-8-15-25)19-12-20-30(32)36(31)27-17-9-6-10-18-27;1-34(2,3)33-28(25-16-9-5-10-17-25)22-23-30-32(33)31-27(24-14-7-4-8-15-24)20-13-21-29(31)35(30)26-18-11-6-12-19-26;1-31(2,3)25-20-21-27-29(30(25)32(4,5)6)28-24(22-14-9-7-10-15-22)18-13-19-26(28)33(27)23-16-11-8-12-17-23/h10-27H,1-9H3;5-23H,1-4H3;4-23H,1-3H3;7-21H,1-6H3/i10D,12D,13D,17D,18D;5D,7D,8D,11D,13D,14D,15D,16D,23D;4D,7D,8D,14D,15D;7D,9D,10D,14D,15D. The fourth-order valence-corrected chi connectivity index (χ4v) is 21.7. The Morgan fingerprint density at radius 3 is 0.707 bits per heavy atom. The van der Waals surface area contributed by atoms with E-state index >= 15 is 0 Å². The number of hydrogen-bond donors (Lipinski definition) is 0. The lowest BCUT2D eigenvalue weighted by Crippen LogP contribution is -2.22. The quantitative estimate of drug-likeness (QED) is 0.123. The lowest BCUT2D eigenvalue weighted by atomic mass is 9.73. The third-order valence-corrected chi connectivity index (χ3v) is 27.9. The van der Waals surface area contributed by atoms with Gasteiger partial charge < -0.3 is 18.3 Å². The molecule has 4 heterocycles. The van der Waals surface area contributed by atoms with E-state index in [4.69, 9.17) is 32.9 Å². The third kappa shape index (κ3) is 19.0. The van der Waals surface area contributed by atoms with E-state index in [-0.39, 0.29) is 181 Å². The van der Waals surface area contributed by atoms with E-state index in [2.05, 4.69) is 264 Å². The van der Waals surface area contributed by atoms with Crippen molar-refractivity contribution < 1.29 is 32.9 Å². The average Bonchev–Trinajstić information content (AvgIpc) is 1.56. The highest BCUT2D eigenvalue weighted by Gasteiger charge is 2.36. The van der Waals surface area contributed by atoms with E-state index in [0.29, 0.717) is 38.8 Å². The summed E-state index contributed by atoms with van der Waals surface area (Å²) < 4.78 is 214. The first-order chi connectivity index (χ1) is 80.4. The van der Waals surface area contributed by atoms with Gasteiger partial charge in [0.15, 0.2) is 0 Å².